The molecule has 2 rings (SSSR count). The maximum absolute atomic E-state index is 13.3. The van der Waals surface area contributed by atoms with E-state index in [0.29, 0.717) is 4.32 Å². The number of thiocarbonyl (C=S) groups is 1. The number of rotatable bonds is 1. The Labute approximate surface area is 99.7 Å². The molecule has 16 heavy (non-hydrogen) atoms. The summed E-state index contributed by atoms with van der Waals surface area (Å²) in [6.45, 7) is 0. The first-order valence-electron chi connectivity index (χ1n) is 4.27. The number of hydrogen-bond donors (Lipinski definition) is 1. The number of hydrogen-bond acceptors (Lipinski definition) is 3. The van der Waals surface area contributed by atoms with Crippen LogP contribution >= 0.6 is 24.0 Å². The number of benzene rings is 1. The van der Waals surface area contributed by atoms with Gasteiger partial charge in [-0.25, -0.2) is 8.78 Å². The number of halogens is 2. The molecular weight excluding hydrogens is 252 g/mol. The molecule has 1 saturated heterocycles. The molecule has 1 aromatic carbocycles. The molecule has 1 heterocycles. The zero-order valence-corrected chi connectivity index (χ0v) is 9.42. The number of amides is 1. The predicted molar refractivity (Wildman–Crippen MR) is 62.7 cm³/mol. The molecule has 0 radical (unpaired) electrons. The van der Waals surface area contributed by atoms with E-state index in [1.54, 1.807) is 0 Å². The van der Waals surface area contributed by atoms with Gasteiger partial charge in [-0.3, -0.25) is 4.79 Å². The monoisotopic (exact) mass is 257 g/mol. The molecule has 1 aliphatic rings. The van der Waals surface area contributed by atoms with Gasteiger partial charge < -0.3 is 5.32 Å². The average Bonchev–Trinajstić information content (AvgIpc) is 2.53. The minimum absolute atomic E-state index is 0.0300. The summed E-state index contributed by atoms with van der Waals surface area (Å²) in [4.78, 5) is 11.5. The van der Waals surface area contributed by atoms with Crippen LogP contribution in [0.1, 0.15) is 5.56 Å². The molecule has 1 N–H and O–H groups in total. The third kappa shape index (κ3) is 2.12. The molecule has 82 valence electrons. The van der Waals surface area contributed by atoms with Crippen LogP contribution in [-0.4, -0.2) is 10.2 Å². The topological polar surface area (TPSA) is 29.1 Å². The Balaban J connectivity index is 2.40. The molecular formula is C10H5F2NOS2. The van der Waals surface area contributed by atoms with E-state index in [1.807, 2.05) is 0 Å². The minimum Gasteiger partial charge on any atom is -0.307 e. The molecule has 6 heteroatoms. The van der Waals surface area contributed by atoms with Crippen LogP contribution < -0.4 is 5.32 Å². The van der Waals surface area contributed by atoms with Gasteiger partial charge in [-0.15, -0.1) is 0 Å². The van der Waals surface area contributed by atoms with E-state index in [9.17, 15) is 13.6 Å². The summed E-state index contributed by atoms with van der Waals surface area (Å²) < 4.78 is 26.5. The van der Waals surface area contributed by atoms with E-state index in [1.165, 1.54) is 18.2 Å². The summed E-state index contributed by atoms with van der Waals surface area (Å²) >= 11 is 5.80. The third-order valence-electron chi connectivity index (χ3n) is 1.91. The number of carbonyl (C=O) groups is 1. The lowest BCUT2D eigenvalue weighted by Crippen LogP contribution is -2.17. The highest BCUT2D eigenvalue weighted by Gasteiger charge is 2.22. The van der Waals surface area contributed by atoms with Crippen LogP contribution in [0.4, 0.5) is 8.78 Å². The van der Waals surface area contributed by atoms with Crippen molar-refractivity contribution in [3.63, 3.8) is 0 Å². The lowest BCUT2D eigenvalue weighted by atomic mass is 10.2. The van der Waals surface area contributed by atoms with E-state index in [0.717, 1.165) is 17.8 Å². The van der Waals surface area contributed by atoms with E-state index in [-0.39, 0.29) is 10.5 Å². The smallest absolute Gasteiger partial charge is 0.263 e. The molecule has 0 atom stereocenters. The maximum Gasteiger partial charge on any atom is 0.263 e. The van der Waals surface area contributed by atoms with E-state index < -0.39 is 17.5 Å². The van der Waals surface area contributed by atoms with Crippen molar-refractivity contribution in [1.29, 1.82) is 0 Å². The van der Waals surface area contributed by atoms with Gasteiger partial charge in [0, 0.05) is 5.56 Å². The highest BCUT2D eigenvalue weighted by atomic mass is 32.2. The molecule has 0 spiro atoms. The predicted octanol–water partition coefficient (Wildman–Crippen LogP) is 2.45. The molecule has 0 bridgehead atoms. The second-order valence-electron chi connectivity index (χ2n) is 3.00. The minimum atomic E-state index is -0.971. The highest BCUT2D eigenvalue weighted by molar-refractivity contribution is 8.26. The third-order valence-corrected chi connectivity index (χ3v) is 3.07. The molecule has 1 aliphatic heterocycles. The highest BCUT2D eigenvalue weighted by Crippen LogP contribution is 2.26. The molecule has 1 fully saturated rings. The first kappa shape index (κ1) is 11.2. The van der Waals surface area contributed by atoms with Crippen molar-refractivity contribution < 1.29 is 13.6 Å². The average molecular weight is 257 g/mol. The van der Waals surface area contributed by atoms with Gasteiger partial charge >= 0.3 is 0 Å². The molecule has 0 aromatic heterocycles. The Hall–Kier alpha value is -1.27. The van der Waals surface area contributed by atoms with Crippen molar-refractivity contribution in [3.05, 3.63) is 40.3 Å². The summed E-state index contributed by atoms with van der Waals surface area (Å²) in [6, 6.07) is 3.78. The molecule has 0 saturated carbocycles. The largest absolute Gasteiger partial charge is 0.307 e. The van der Waals surface area contributed by atoms with Crippen LogP contribution in [0, 0.1) is 11.6 Å². The normalized spacial score (nSPS) is 18.0. The van der Waals surface area contributed by atoms with Crippen LogP contribution in [0.15, 0.2) is 23.1 Å². The number of nitrogens with one attached hydrogen (secondary N) is 1. The SMILES string of the molecule is O=C1NC(=S)S/C1=C\c1cccc(F)c1F. The van der Waals surface area contributed by atoms with Crippen LogP contribution in [0.2, 0.25) is 0 Å². The van der Waals surface area contributed by atoms with Crippen molar-refractivity contribution in [3.8, 4) is 0 Å². The summed E-state index contributed by atoms with van der Waals surface area (Å²) in [7, 11) is 0. The van der Waals surface area contributed by atoms with Gasteiger partial charge in [0.1, 0.15) is 4.32 Å². The number of thioether (sulfide) groups is 1. The zero-order chi connectivity index (χ0) is 11.7. The Morgan fingerprint density at radius 1 is 1.38 bits per heavy atom. The van der Waals surface area contributed by atoms with Crippen molar-refractivity contribution >= 4 is 40.3 Å². The van der Waals surface area contributed by atoms with Crippen molar-refractivity contribution in [2.24, 2.45) is 0 Å². The van der Waals surface area contributed by atoms with Crippen molar-refractivity contribution in [2.75, 3.05) is 0 Å². The summed E-state index contributed by atoms with van der Waals surface area (Å²) in [5.41, 5.74) is 0.0300. The molecule has 0 unspecified atom stereocenters. The fourth-order valence-corrected chi connectivity index (χ4v) is 2.23. The van der Waals surface area contributed by atoms with Crippen molar-refractivity contribution in [2.45, 2.75) is 0 Å². The lowest BCUT2D eigenvalue weighted by molar-refractivity contribution is -0.115. The summed E-state index contributed by atoms with van der Waals surface area (Å²) in [6.07, 6.45) is 1.28. The van der Waals surface area contributed by atoms with Gasteiger partial charge in [0.05, 0.1) is 4.91 Å². The van der Waals surface area contributed by atoms with Crippen LogP contribution in [-0.2, 0) is 4.79 Å². The lowest BCUT2D eigenvalue weighted by Gasteiger charge is -1.98. The van der Waals surface area contributed by atoms with Gasteiger partial charge in [0.2, 0.25) is 0 Å². The van der Waals surface area contributed by atoms with Gasteiger partial charge in [-0.05, 0) is 12.1 Å². The molecule has 0 aliphatic carbocycles. The molecule has 1 amide bonds. The maximum atomic E-state index is 13.3. The van der Waals surface area contributed by atoms with E-state index in [2.05, 4.69) is 5.32 Å². The molecule has 1 aromatic rings. The van der Waals surface area contributed by atoms with Crippen molar-refractivity contribution in [1.82, 2.24) is 5.32 Å². The standard InChI is InChI=1S/C10H5F2NOS2/c11-6-3-1-2-5(8(6)12)4-7-9(14)13-10(15)16-7/h1-4H,(H,13,14,15)/b7-4-. The zero-order valence-electron chi connectivity index (χ0n) is 7.79. The van der Waals surface area contributed by atoms with Gasteiger partial charge in [-0.1, -0.05) is 36.1 Å². The Morgan fingerprint density at radius 3 is 2.75 bits per heavy atom. The first-order valence-corrected chi connectivity index (χ1v) is 5.49. The van der Waals surface area contributed by atoms with Gasteiger partial charge in [0.25, 0.3) is 5.91 Å². The number of carbonyl (C=O) groups excluding carboxylic acids is 1. The fraction of sp³-hybridized carbons (Fsp3) is 0. The quantitative estimate of drug-likeness (QED) is 0.619. The Kier molecular flexibility index (Phi) is 3.02. The Morgan fingerprint density at radius 2 is 2.12 bits per heavy atom. The fourth-order valence-electron chi connectivity index (χ4n) is 1.19. The van der Waals surface area contributed by atoms with E-state index >= 15 is 0 Å². The Bertz CT molecular complexity index is 514. The van der Waals surface area contributed by atoms with Gasteiger partial charge in [0.15, 0.2) is 11.6 Å². The summed E-state index contributed by atoms with van der Waals surface area (Å²) in [5, 5.41) is 2.39. The second kappa shape index (κ2) is 4.31. The molecule has 2 nitrogen and oxygen atoms in total. The van der Waals surface area contributed by atoms with Crippen LogP contribution in [0.25, 0.3) is 6.08 Å². The second-order valence-corrected chi connectivity index (χ2v) is 4.71. The van der Waals surface area contributed by atoms with E-state index in [4.69, 9.17) is 12.2 Å². The van der Waals surface area contributed by atoms with Gasteiger partial charge in [-0.2, -0.15) is 0 Å². The van der Waals surface area contributed by atoms with Crippen LogP contribution in [0.5, 0.6) is 0 Å². The van der Waals surface area contributed by atoms with Crippen LogP contribution in [0.3, 0.4) is 0 Å². The first-order chi connectivity index (χ1) is 7.58. The summed E-state index contributed by atoms with van der Waals surface area (Å²) in [5.74, 6) is -2.31.